The average molecular weight is 377 g/mol. The second-order valence-electron chi connectivity index (χ2n) is 5.21. The summed E-state index contributed by atoms with van der Waals surface area (Å²) < 4.78 is 1.01. The lowest BCUT2D eigenvalue weighted by Gasteiger charge is -2.03. The highest BCUT2D eigenvalue weighted by Crippen LogP contribution is 2.27. The molecule has 0 aliphatic heterocycles. The van der Waals surface area contributed by atoms with Gasteiger partial charge in [0.2, 0.25) is 5.01 Å². The smallest absolute Gasteiger partial charge is 0.282 e. The number of nitrogens with one attached hydrogen (secondary N) is 1. The zero-order valence-electron chi connectivity index (χ0n) is 13.3. The van der Waals surface area contributed by atoms with Crippen molar-refractivity contribution in [3.8, 4) is 0 Å². The van der Waals surface area contributed by atoms with Crippen molar-refractivity contribution in [2.45, 2.75) is 30.5 Å². The number of hydrogen-bond acceptors (Lipinski definition) is 7. The zero-order valence-corrected chi connectivity index (χ0v) is 15.7. The minimum Gasteiger partial charge on any atom is -0.346 e. The first-order valence-corrected chi connectivity index (χ1v) is 9.99. The predicted molar refractivity (Wildman–Crippen MR) is 98.7 cm³/mol. The number of aromatic nitrogens is 3. The Morgan fingerprint density at radius 3 is 2.71 bits per heavy atom. The highest BCUT2D eigenvalue weighted by atomic mass is 32.2. The van der Waals surface area contributed by atoms with Crippen LogP contribution in [0.5, 0.6) is 0 Å². The number of rotatable bonds is 6. The standard InChI is InChI=1S/C16H16N4OS3/c1-10-3-5-12(6-4-10)7-17-14(21)15-20-19-13(24-15)9-23-16-18-11(2)8-22-16/h3-6,8H,7,9H2,1-2H3,(H,17,21). The fraction of sp³-hybridized carbons (Fsp3) is 0.250. The van der Waals surface area contributed by atoms with Crippen molar-refractivity contribution in [3.63, 3.8) is 0 Å². The van der Waals surface area contributed by atoms with Gasteiger partial charge in [0.25, 0.3) is 5.91 Å². The van der Waals surface area contributed by atoms with Gasteiger partial charge in [0.05, 0.1) is 5.75 Å². The second-order valence-corrected chi connectivity index (χ2v) is 8.36. The van der Waals surface area contributed by atoms with E-state index in [0.717, 1.165) is 20.6 Å². The van der Waals surface area contributed by atoms with E-state index in [4.69, 9.17) is 0 Å². The highest BCUT2D eigenvalue weighted by molar-refractivity contribution is 8.00. The molecule has 0 saturated carbocycles. The summed E-state index contributed by atoms with van der Waals surface area (Å²) in [5.74, 6) is 0.491. The van der Waals surface area contributed by atoms with Crippen molar-refractivity contribution >= 4 is 40.3 Å². The van der Waals surface area contributed by atoms with Gasteiger partial charge in [-0.25, -0.2) is 4.98 Å². The summed E-state index contributed by atoms with van der Waals surface area (Å²) in [6.45, 7) is 4.50. The minimum absolute atomic E-state index is 0.186. The molecular weight excluding hydrogens is 360 g/mol. The molecule has 1 aromatic carbocycles. The summed E-state index contributed by atoms with van der Waals surface area (Å²) >= 11 is 4.56. The van der Waals surface area contributed by atoms with Crippen molar-refractivity contribution in [1.82, 2.24) is 20.5 Å². The van der Waals surface area contributed by atoms with Crippen LogP contribution in [0.3, 0.4) is 0 Å². The Balaban J connectivity index is 1.52. The van der Waals surface area contributed by atoms with E-state index in [1.807, 2.05) is 43.5 Å². The van der Waals surface area contributed by atoms with Gasteiger partial charge in [-0.3, -0.25) is 4.79 Å². The van der Waals surface area contributed by atoms with E-state index in [9.17, 15) is 4.79 Å². The number of thioether (sulfide) groups is 1. The third kappa shape index (κ3) is 4.62. The van der Waals surface area contributed by atoms with E-state index in [0.29, 0.717) is 17.3 Å². The molecule has 1 N–H and O–H groups in total. The first-order valence-electron chi connectivity index (χ1n) is 7.31. The number of nitrogens with zero attached hydrogens (tertiary/aromatic N) is 3. The lowest BCUT2D eigenvalue weighted by atomic mass is 10.1. The quantitative estimate of drug-likeness (QED) is 0.662. The average Bonchev–Trinajstić information content (AvgIpc) is 3.21. The Labute approximate surface area is 152 Å². The number of hydrogen-bond donors (Lipinski definition) is 1. The number of aryl methyl sites for hydroxylation is 2. The summed E-state index contributed by atoms with van der Waals surface area (Å²) in [6, 6.07) is 8.08. The van der Waals surface area contributed by atoms with Crippen molar-refractivity contribution < 1.29 is 4.79 Å². The predicted octanol–water partition coefficient (Wildman–Crippen LogP) is 3.83. The Bertz CT molecular complexity index is 826. The Morgan fingerprint density at radius 1 is 1.21 bits per heavy atom. The SMILES string of the molecule is Cc1ccc(CNC(=O)c2nnc(CSc3nc(C)cs3)s2)cc1. The molecule has 2 heterocycles. The van der Waals surface area contributed by atoms with E-state index in [1.54, 1.807) is 23.1 Å². The molecule has 0 aliphatic rings. The molecule has 0 bridgehead atoms. The van der Waals surface area contributed by atoms with E-state index in [-0.39, 0.29) is 5.91 Å². The number of thiazole rings is 1. The maximum absolute atomic E-state index is 12.2. The minimum atomic E-state index is -0.186. The summed E-state index contributed by atoms with van der Waals surface area (Å²) in [4.78, 5) is 16.6. The summed E-state index contributed by atoms with van der Waals surface area (Å²) in [6.07, 6.45) is 0. The van der Waals surface area contributed by atoms with Gasteiger partial charge >= 0.3 is 0 Å². The lowest BCUT2D eigenvalue weighted by molar-refractivity contribution is 0.0950. The third-order valence-electron chi connectivity index (χ3n) is 3.15. The maximum Gasteiger partial charge on any atom is 0.282 e. The lowest BCUT2D eigenvalue weighted by Crippen LogP contribution is -2.22. The van der Waals surface area contributed by atoms with E-state index < -0.39 is 0 Å². The molecule has 0 fully saturated rings. The fourth-order valence-electron chi connectivity index (χ4n) is 1.89. The van der Waals surface area contributed by atoms with Gasteiger partial charge in [-0.15, -0.1) is 21.5 Å². The van der Waals surface area contributed by atoms with Crippen LogP contribution in [0.1, 0.15) is 31.6 Å². The molecule has 0 radical (unpaired) electrons. The normalized spacial score (nSPS) is 10.8. The van der Waals surface area contributed by atoms with Crippen LogP contribution in [0.2, 0.25) is 0 Å². The van der Waals surface area contributed by atoms with Crippen LogP contribution in [-0.2, 0) is 12.3 Å². The molecule has 24 heavy (non-hydrogen) atoms. The van der Waals surface area contributed by atoms with E-state index in [2.05, 4.69) is 20.5 Å². The van der Waals surface area contributed by atoms with Crippen molar-refractivity contribution in [1.29, 1.82) is 0 Å². The van der Waals surface area contributed by atoms with Gasteiger partial charge < -0.3 is 5.32 Å². The molecule has 8 heteroatoms. The largest absolute Gasteiger partial charge is 0.346 e. The van der Waals surface area contributed by atoms with Crippen LogP contribution < -0.4 is 5.32 Å². The number of benzene rings is 1. The van der Waals surface area contributed by atoms with Gasteiger partial charge in [0.1, 0.15) is 5.01 Å². The zero-order chi connectivity index (χ0) is 16.9. The highest BCUT2D eigenvalue weighted by Gasteiger charge is 2.13. The molecule has 0 unspecified atom stereocenters. The van der Waals surface area contributed by atoms with Crippen molar-refractivity contribution in [3.05, 3.63) is 56.5 Å². The van der Waals surface area contributed by atoms with Crippen LogP contribution in [0.4, 0.5) is 0 Å². The van der Waals surface area contributed by atoms with Gasteiger partial charge in [-0.2, -0.15) is 0 Å². The van der Waals surface area contributed by atoms with Crippen LogP contribution in [0.25, 0.3) is 0 Å². The van der Waals surface area contributed by atoms with Crippen LogP contribution >= 0.6 is 34.4 Å². The van der Waals surface area contributed by atoms with Gasteiger partial charge in [0, 0.05) is 17.6 Å². The second kappa shape index (κ2) is 7.87. The molecular formula is C16H16N4OS3. The molecule has 3 rings (SSSR count). The Kier molecular flexibility index (Phi) is 5.60. The van der Waals surface area contributed by atoms with Gasteiger partial charge in [-0.1, -0.05) is 52.9 Å². The topological polar surface area (TPSA) is 67.8 Å². The van der Waals surface area contributed by atoms with Crippen LogP contribution in [-0.4, -0.2) is 21.1 Å². The van der Waals surface area contributed by atoms with Crippen LogP contribution in [0, 0.1) is 13.8 Å². The fourth-order valence-corrected chi connectivity index (χ4v) is 4.48. The molecule has 5 nitrogen and oxygen atoms in total. The molecule has 1 amide bonds. The Morgan fingerprint density at radius 2 is 2.00 bits per heavy atom. The molecule has 0 atom stereocenters. The molecule has 2 aromatic heterocycles. The number of carbonyl (C=O) groups excluding carboxylic acids is 1. The first kappa shape index (κ1) is 17.1. The molecule has 124 valence electrons. The first-order chi connectivity index (χ1) is 11.6. The van der Waals surface area contributed by atoms with Crippen molar-refractivity contribution in [2.75, 3.05) is 0 Å². The van der Waals surface area contributed by atoms with E-state index in [1.165, 1.54) is 16.9 Å². The number of carbonyl (C=O) groups is 1. The van der Waals surface area contributed by atoms with Crippen LogP contribution in [0.15, 0.2) is 34.0 Å². The monoisotopic (exact) mass is 376 g/mol. The summed E-state index contributed by atoms with van der Waals surface area (Å²) in [7, 11) is 0. The molecule has 0 saturated heterocycles. The number of amides is 1. The molecule has 3 aromatic rings. The summed E-state index contributed by atoms with van der Waals surface area (Å²) in [5.41, 5.74) is 3.29. The molecule has 0 aliphatic carbocycles. The van der Waals surface area contributed by atoms with E-state index >= 15 is 0 Å². The van der Waals surface area contributed by atoms with Gasteiger partial charge in [-0.05, 0) is 19.4 Å². The molecule has 0 spiro atoms. The van der Waals surface area contributed by atoms with Crippen molar-refractivity contribution in [2.24, 2.45) is 0 Å². The summed E-state index contributed by atoms with van der Waals surface area (Å²) in [5, 5.41) is 14.2. The van der Waals surface area contributed by atoms with Gasteiger partial charge in [0.15, 0.2) is 4.34 Å². The third-order valence-corrected chi connectivity index (χ3v) is 6.41. The maximum atomic E-state index is 12.2. The Hall–Kier alpha value is -1.77.